The molecule has 2 atom stereocenters. The Morgan fingerprint density at radius 1 is 0.356 bits per heavy atom. The van der Waals surface area contributed by atoms with Crippen LogP contribution in [0.4, 0.5) is 0 Å². The minimum atomic E-state index is -2.78. The number of aromatic nitrogens is 2. The maximum Gasteiger partial charge on any atom is 0.369 e. The Hall–Kier alpha value is -12.9. The molecule has 2 aromatic heterocycles. The van der Waals surface area contributed by atoms with E-state index in [0.717, 1.165) is 65.8 Å². The van der Waals surface area contributed by atoms with Crippen LogP contribution in [0.1, 0.15) is 94.8 Å². The summed E-state index contributed by atoms with van der Waals surface area (Å²) in [6, 6.07) is 65.7. The predicted molar refractivity (Wildman–Crippen MR) is 390 cm³/mol. The molecule has 4 heterocycles. The molecular formula is C86H52N2O14S2. The average Bonchev–Trinajstić information content (AvgIpc) is 1.36. The van der Waals surface area contributed by atoms with Gasteiger partial charge in [-0.05, 0) is 138 Å². The number of fused-ring (bicyclic) bond motifs is 13. The van der Waals surface area contributed by atoms with Crippen molar-refractivity contribution in [3.63, 3.8) is 0 Å². The number of esters is 4. The molecule has 0 radical (unpaired) electrons. The first-order valence-electron chi connectivity index (χ1n) is 33.4. The first kappa shape index (κ1) is 63.3. The number of hydrogen-bond donors (Lipinski definition) is 0. The third-order valence-electron chi connectivity index (χ3n) is 19.5. The molecule has 0 saturated heterocycles. The van der Waals surface area contributed by atoms with Crippen molar-refractivity contribution >= 4 is 136 Å². The van der Waals surface area contributed by atoms with Crippen molar-refractivity contribution in [2.75, 3.05) is 0 Å². The number of thiazole rings is 2. The van der Waals surface area contributed by atoms with Crippen LogP contribution < -0.4 is 0 Å². The van der Waals surface area contributed by atoms with E-state index in [4.69, 9.17) is 38.4 Å². The quantitative estimate of drug-likeness (QED) is 0.0247. The molecule has 18 rings (SSSR count). The van der Waals surface area contributed by atoms with Crippen LogP contribution in [0.2, 0.25) is 0 Å². The summed E-state index contributed by atoms with van der Waals surface area (Å²) in [6.45, 7) is -1.20. The third kappa shape index (κ3) is 10.6. The second kappa shape index (κ2) is 25.0. The zero-order valence-corrected chi connectivity index (χ0v) is 56.3. The number of rotatable bonds is 14. The summed E-state index contributed by atoms with van der Waals surface area (Å²) in [4.78, 5) is 131. The smallest absolute Gasteiger partial charge is 0.369 e. The van der Waals surface area contributed by atoms with Crippen LogP contribution in [-0.2, 0) is 85.2 Å². The largest absolute Gasteiger partial charge is 0.458 e. The number of hydrogen-bond acceptors (Lipinski definition) is 18. The first-order valence-corrected chi connectivity index (χ1v) is 35.1. The lowest BCUT2D eigenvalue weighted by Crippen LogP contribution is -2.51. The molecule has 0 saturated carbocycles. The molecule has 0 amide bonds. The Morgan fingerprint density at radius 2 is 0.625 bits per heavy atom. The first-order chi connectivity index (χ1) is 50.7. The van der Waals surface area contributed by atoms with E-state index in [1.54, 1.807) is 158 Å². The minimum Gasteiger partial charge on any atom is -0.458 e. The van der Waals surface area contributed by atoms with Crippen LogP contribution in [0.25, 0.3) is 66.4 Å². The average molecular weight is 1400 g/mol. The lowest BCUT2D eigenvalue weighted by molar-refractivity contribution is -0.191. The van der Waals surface area contributed by atoms with Crippen molar-refractivity contribution in [1.29, 1.82) is 0 Å². The Morgan fingerprint density at radius 3 is 0.904 bits per heavy atom. The van der Waals surface area contributed by atoms with Crippen molar-refractivity contribution in [3.8, 4) is 0 Å². The van der Waals surface area contributed by atoms with Crippen molar-refractivity contribution in [1.82, 2.24) is 9.97 Å². The molecule has 0 fully saturated rings. The fraction of sp³-hybridized carbons (Fsp3) is 0.0930. The molecular weight excluding hydrogens is 1350 g/mol. The summed E-state index contributed by atoms with van der Waals surface area (Å²) in [5.74, 6) is -8.30. The van der Waals surface area contributed by atoms with Crippen LogP contribution in [0.5, 0.6) is 0 Å². The second-order valence-electron chi connectivity index (χ2n) is 26.0. The zero-order chi connectivity index (χ0) is 70.5. The van der Waals surface area contributed by atoms with E-state index in [9.17, 15) is 19.2 Å². The highest BCUT2D eigenvalue weighted by atomic mass is 32.1. The van der Waals surface area contributed by atoms with Gasteiger partial charge in [0.25, 0.3) is 0 Å². The topological polar surface area (TPSA) is 218 Å². The van der Waals surface area contributed by atoms with Gasteiger partial charge in [-0.3, -0.25) is 19.2 Å². The third-order valence-corrected chi connectivity index (χ3v) is 21.6. The number of allylic oxidation sites excluding steroid dienone is 8. The molecule has 2 unspecified atom stereocenters. The predicted octanol–water partition coefficient (Wildman–Crippen LogP) is 16.1. The molecule has 18 heteroatoms. The van der Waals surface area contributed by atoms with Crippen LogP contribution in [0, 0.1) is 11.8 Å². The molecule has 16 nitrogen and oxygen atoms in total. The Bertz CT molecular complexity index is 5370. The van der Waals surface area contributed by atoms with Crippen molar-refractivity contribution < 1.29 is 66.8 Å². The molecule has 12 aromatic rings. The number of nitrogens with zero attached hydrogens (tertiary/aromatic N) is 2. The van der Waals surface area contributed by atoms with Gasteiger partial charge in [0, 0.05) is 45.2 Å². The van der Waals surface area contributed by atoms with Gasteiger partial charge in [0.2, 0.25) is 0 Å². The fourth-order valence-electron chi connectivity index (χ4n) is 14.3. The van der Waals surface area contributed by atoms with Crippen molar-refractivity contribution in [3.05, 3.63) is 341 Å². The van der Waals surface area contributed by atoms with E-state index >= 15 is 19.2 Å². The van der Waals surface area contributed by atoms with Crippen LogP contribution in [-0.4, -0.2) is 57.0 Å². The summed E-state index contributed by atoms with van der Waals surface area (Å²) in [6.07, 6.45) is 9.77. The normalized spacial score (nSPS) is 17.0. The number of benzene rings is 10. The molecule has 104 heavy (non-hydrogen) atoms. The van der Waals surface area contributed by atoms with E-state index in [-0.39, 0.29) is 103 Å². The summed E-state index contributed by atoms with van der Waals surface area (Å²) in [5.41, 5.74) is -2.60. The van der Waals surface area contributed by atoms with Crippen LogP contribution >= 0.6 is 22.7 Å². The highest BCUT2D eigenvalue weighted by Crippen LogP contribution is 2.56. The molecule has 502 valence electrons. The van der Waals surface area contributed by atoms with Gasteiger partial charge in [0.15, 0.2) is 23.1 Å². The number of carbonyl (C=O) groups excluding carboxylic acids is 8. The number of Topliss-reactive ketones (excluding diaryl/α,β-unsaturated/α-hetero) is 4. The lowest BCUT2D eigenvalue weighted by Gasteiger charge is -2.40. The Balaban J connectivity index is 0.783. The zero-order valence-electron chi connectivity index (χ0n) is 54.7. The standard InChI is InChI=1S/C86H52N2O14S2/c89-73-61-33-55-29-51-25-13-14-26-52(51)30-56(55)34-62(61)74(90)67(73)41-71-87-79-77(103-71)65-37-60-40-70-66(38-59(60)39-69(65)101-85(79,81(93)97-43-47-17-5-1-6-18-47)82(94)98-44-48-19-7-2-8-20-48)78-80(86(102-70,83(95)99-45-49-21-9-3-10-22-49)84(96)100-46-50-23-11-4-12-24-50)88-72(104-78)42-68-75(91)63-35-57-31-53-27-15-16-28-54(53)32-58(57)36-64(63)76(68)92/h1-42,59-60H,43-46H2. The van der Waals surface area contributed by atoms with Crippen LogP contribution in [0.3, 0.4) is 0 Å². The highest BCUT2D eigenvalue weighted by Gasteiger charge is 2.63. The Labute approximate surface area is 599 Å². The second-order valence-corrected chi connectivity index (χ2v) is 28.0. The minimum absolute atomic E-state index is 0.0247. The van der Waals surface area contributed by atoms with Gasteiger partial charge in [-0.15, -0.1) is 22.7 Å². The van der Waals surface area contributed by atoms with Gasteiger partial charge >= 0.3 is 35.1 Å². The molecule has 10 aromatic carbocycles. The maximum absolute atomic E-state index is 15.5. The molecule has 0 bridgehead atoms. The number of ketones is 4. The van der Waals surface area contributed by atoms with Gasteiger partial charge in [0.05, 0.1) is 20.9 Å². The lowest BCUT2D eigenvalue weighted by atomic mass is 9.76. The molecule has 4 aliphatic carbocycles. The van der Waals surface area contributed by atoms with E-state index < -0.39 is 70.0 Å². The van der Waals surface area contributed by atoms with Gasteiger partial charge in [-0.25, -0.2) is 29.1 Å². The van der Waals surface area contributed by atoms with Gasteiger partial charge in [0.1, 0.15) is 59.3 Å². The van der Waals surface area contributed by atoms with Gasteiger partial charge in [-0.2, -0.15) is 0 Å². The van der Waals surface area contributed by atoms with Crippen molar-refractivity contribution in [2.24, 2.45) is 11.8 Å². The van der Waals surface area contributed by atoms with E-state index in [1.807, 2.05) is 84.9 Å². The van der Waals surface area contributed by atoms with Gasteiger partial charge < -0.3 is 28.4 Å². The van der Waals surface area contributed by atoms with Gasteiger partial charge in [-0.1, -0.05) is 182 Å². The summed E-state index contributed by atoms with van der Waals surface area (Å²) < 4.78 is 38.3. The monoisotopic (exact) mass is 1400 g/mol. The summed E-state index contributed by atoms with van der Waals surface area (Å²) in [5, 5.41) is 6.98. The molecule has 6 aliphatic rings. The van der Waals surface area contributed by atoms with E-state index in [2.05, 4.69) is 0 Å². The maximum atomic E-state index is 15.5. The summed E-state index contributed by atoms with van der Waals surface area (Å²) in [7, 11) is 0. The SMILES string of the molecule is O=C1C(=Cc2nc3c(s2)C2=CC4C=C5OC(C(=O)OCc6ccccc6)(C(=O)OCc6ccccc6)c6nc(C=C7C(=O)c8cc9cc%10ccccc%10cc9cc8C7=O)sc6C5=CC4C=C2OC3(C(=O)OCc2ccccc2)C(=O)OCc2ccccc2)C(=O)c2cc3cc4ccccc4cc3cc21. The fourth-order valence-corrected chi connectivity index (χ4v) is 16.5. The highest BCUT2D eigenvalue weighted by molar-refractivity contribution is 7.14. The molecule has 0 N–H and O–H groups in total. The Kier molecular flexibility index (Phi) is 15.2. The summed E-state index contributed by atoms with van der Waals surface area (Å²) >= 11 is 1.99. The number of carbonyl (C=O) groups is 8. The molecule has 0 spiro atoms. The van der Waals surface area contributed by atoms with Crippen LogP contribution in [0.15, 0.2) is 265 Å². The van der Waals surface area contributed by atoms with Crippen molar-refractivity contribution in [2.45, 2.75) is 37.6 Å². The molecule has 2 aliphatic heterocycles. The van der Waals surface area contributed by atoms with E-state index in [0.29, 0.717) is 33.4 Å². The van der Waals surface area contributed by atoms with E-state index in [1.165, 1.54) is 12.2 Å². The number of ether oxygens (including phenoxy) is 6.